The largest absolute Gasteiger partial charge is 0.370 e. The molecule has 6 nitrogen and oxygen atoms in total. The molecule has 2 rings (SSSR count). The lowest BCUT2D eigenvalue weighted by atomic mass is 10.1. The summed E-state index contributed by atoms with van der Waals surface area (Å²) in [6.07, 6.45) is 4.12. The summed E-state index contributed by atoms with van der Waals surface area (Å²) < 4.78 is 8.69. The number of hydrogen-bond donors (Lipinski definition) is 1. The monoisotopic (exact) mass is 281 g/mol. The van der Waals surface area contributed by atoms with Crippen molar-refractivity contribution >= 4 is 0 Å². The third-order valence-corrected chi connectivity index (χ3v) is 3.68. The molecule has 0 aliphatic carbocycles. The van der Waals surface area contributed by atoms with E-state index in [1.165, 1.54) is 10.6 Å². The predicted octanol–water partition coefficient (Wildman–Crippen LogP) is 0.316. The first-order valence-corrected chi connectivity index (χ1v) is 7.11. The summed E-state index contributed by atoms with van der Waals surface area (Å²) in [5, 5.41) is 0. The van der Waals surface area contributed by atoms with Crippen molar-refractivity contribution in [1.29, 1.82) is 0 Å². The van der Waals surface area contributed by atoms with Crippen LogP contribution in [0.5, 0.6) is 0 Å². The zero-order valence-electron chi connectivity index (χ0n) is 12.2. The Hall–Kier alpha value is -1.40. The Kier molecular flexibility index (Phi) is 4.45. The third-order valence-electron chi connectivity index (χ3n) is 3.68. The first-order chi connectivity index (χ1) is 9.43. The minimum absolute atomic E-state index is 0.0307. The van der Waals surface area contributed by atoms with Gasteiger partial charge in [-0.3, -0.25) is 13.9 Å². The molecule has 2 N–H and O–H groups in total. The summed E-state index contributed by atoms with van der Waals surface area (Å²) in [7, 11) is 0. The van der Waals surface area contributed by atoms with Crippen molar-refractivity contribution in [2.75, 3.05) is 6.54 Å². The standard InChI is InChI=1S/C14H23N3O3/c1-14(2)6-4-11(20-14)10-16-9-5-12(18)17(13(16)19)8-3-7-15/h5,9,11H,3-4,6-8,10,15H2,1-2H3. The van der Waals surface area contributed by atoms with Gasteiger partial charge in [0.1, 0.15) is 0 Å². The molecule has 1 aliphatic rings. The summed E-state index contributed by atoms with van der Waals surface area (Å²) in [5.41, 5.74) is 4.76. The second kappa shape index (κ2) is 5.93. The third kappa shape index (κ3) is 3.37. The second-order valence-corrected chi connectivity index (χ2v) is 5.92. The van der Waals surface area contributed by atoms with E-state index in [0.717, 1.165) is 12.8 Å². The van der Waals surface area contributed by atoms with Crippen LogP contribution in [-0.2, 0) is 17.8 Å². The highest BCUT2D eigenvalue weighted by Crippen LogP contribution is 2.29. The molecule has 1 saturated heterocycles. The smallest absolute Gasteiger partial charge is 0.331 e. The van der Waals surface area contributed by atoms with E-state index >= 15 is 0 Å². The van der Waals surface area contributed by atoms with Crippen molar-refractivity contribution in [2.24, 2.45) is 5.73 Å². The van der Waals surface area contributed by atoms with Gasteiger partial charge in [0.15, 0.2) is 0 Å². The first kappa shape index (κ1) is 15.0. The van der Waals surface area contributed by atoms with E-state index in [1.807, 2.05) is 0 Å². The van der Waals surface area contributed by atoms with E-state index in [2.05, 4.69) is 13.8 Å². The molecule has 20 heavy (non-hydrogen) atoms. The average molecular weight is 281 g/mol. The topological polar surface area (TPSA) is 79.3 Å². The van der Waals surface area contributed by atoms with Gasteiger partial charge >= 0.3 is 5.69 Å². The van der Waals surface area contributed by atoms with Gasteiger partial charge in [-0.25, -0.2) is 4.79 Å². The molecule has 0 radical (unpaired) electrons. The van der Waals surface area contributed by atoms with E-state index in [9.17, 15) is 9.59 Å². The van der Waals surface area contributed by atoms with E-state index in [-0.39, 0.29) is 23.0 Å². The van der Waals surface area contributed by atoms with Crippen molar-refractivity contribution in [1.82, 2.24) is 9.13 Å². The maximum atomic E-state index is 12.3. The Bertz CT molecular complexity index is 574. The van der Waals surface area contributed by atoms with Crippen LogP contribution in [0.1, 0.15) is 33.1 Å². The molecule has 1 aliphatic heterocycles. The maximum Gasteiger partial charge on any atom is 0.331 e. The van der Waals surface area contributed by atoms with Crippen LogP contribution in [-0.4, -0.2) is 27.4 Å². The molecule has 1 fully saturated rings. The molecule has 1 unspecified atom stereocenters. The molecule has 112 valence electrons. The van der Waals surface area contributed by atoms with E-state index < -0.39 is 0 Å². The fourth-order valence-corrected chi connectivity index (χ4v) is 2.58. The zero-order chi connectivity index (χ0) is 14.8. The van der Waals surface area contributed by atoms with E-state index in [1.54, 1.807) is 10.8 Å². The van der Waals surface area contributed by atoms with Gasteiger partial charge in [-0.05, 0) is 39.7 Å². The van der Waals surface area contributed by atoms with Crippen LogP contribution in [0.3, 0.4) is 0 Å². The fraction of sp³-hybridized carbons (Fsp3) is 0.714. The average Bonchev–Trinajstić information content (AvgIpc) is 2.72. The molecule has 0 spiro atoms. The normalized spacial score (nSPS) is 21.2. The number of ether oxygens (including phenoxy) is 1. The molecule has 2 heterocycles. The Labute approximate surface area is 118 Å². The quantitative estimate of drug-likeness (QED) is 0.843. The lowest BCUT2D eigenvalue weighted by Crippen LogP contribution is -2.41. The van der Waals surface area contributed by atoms with Gasteiger partial charge in [0.2, 0.25) is 0 Å². The Balaban J connectivity index is 2.17. The van der Waals surface area contributed by atoms with Crippen LogP contribution in [0.2, 0.25) is 0 Å². The molecule has 1 aromatic heterocycles. The Morgan fingerprint density at radius 1 is 1.45 bits per heavy atom. The number of rotatable bonds is 5. The van der Waals surface area contributed by atoms with Crippen molar-refractivity contribution in [3.63, 3.8) is 0 Å². The number of nitrogens with zero attached hydrogens (tertiary/aromatic N) is 2. The molecule has 0 saturated carbocycles. The predicted molar refractivity (Wildman–Crippen MR) is 76.8 cm³/mol. The molecule has 1 aromatic rings. The maximum absolute atomic E-state index is 12.3. The Morgan fingerprint density at radius 3 is 2.80 bits per heavy atom. The molecule has 6 heteroatoms. The highest BCUT2D eigenvalue weighted by molar-refractivity contribution is 4.89. The van der Waals surface area contributed by atoms with Gasteiger partial charge in [0, 0.05) is 18.8 Å². The van der Waals surface area contributed by atoms with Crippen LogP contribution in [0.4, 0.5) is 0 Å². The van der Waals surface area contributed by atoms with Gasteiger partial charge in [-0.2, -0.15) is 0 Å². The summed E-state index contributed by atoms with van der Waals surface area (Å²) in [4.78, 5) is 24.0. The summed E-state index contributed by atoms with van der Waals surface area (Å²) in [6, 6.07) is 1.43. The molecule has 1 atom stereocenters. The fourth-order valence-electron chi connectivity index (χ4n) is 2.58. The van der Waals surface area contributed by atoms with Crippen LogP contribution < -0.4 is 17.0 Å². The molecule has 0 aromatic carbocycles. The van der Waals surface area contributed by atoms with Crippen LogP contribution in [0.15, 0.2) is 21.9 Å². The Morgan fingerprint density at radius 2 is 2.20 bits per heavy atom. The van der Waals surface area contributed by atoms with E-state index in [4.69, 9.17) is 10.5 Å². The second-order valence-electron chi connectivity index (χ2n) is 5.92. The number of nitrogens with two attached hydrogens (primary N) is 1. The van der Waals surface area contributed by atoms with Crippen LogP contribution in [0.25, 0.3) is 0 Å². The van der Waals surface area contributed by atoms with Crippen LogP contribution in [0, 0.1) is 0 Å². The number of aromatic nitrogens is 2. The summed E-state index contributed by atoms with van der Waals surface area (Å²) in [6.45, 7) is 5.42. The minimum atomic E-state index is -0.278. The summed E-state index contributed by atoms with van der Waals surface area (Å²) >= 11 is 0. The molecule has 0 amide bonds. The first-order valence-electron chi connectivity index (χ1n) is 7.11. The lowest BCUT2D eigenvalue weighted by Gasteiger charge is -2.20. The molecular formula is C14H23N3O3. The number of hydrogen-bond acceptors (Lipinski definition) is 4. The van der Waals surface area contributed by atoms with Gasteiger partial charge in [0.25, 0.3) is 5.56 Å². The summed E-state index contributed by atoms with van der Waals surface area (Å²) in [5.74, 6) is 0. The molecule has 0 bridgehead atoms. The zero-order valence-corrected chi connectivity index (χ0v) is 12.2. The van der Waals surface area contributed by atoms with Gasteiger partial charge in [0.05, 0.1) is 18.2 Å². The van der Waals surface area contributed by atoms with Gasteiger partial charge < -0.3 is 10.5 Å². The van der Waals surface area contributed by atoms with Crippen LogP contribution >= 0.6 is 0 Å². The van der Waals surface area contributed by atoms with E-state index in [0.29, 0.717) is 26.1 Å². The van der Waals surface area contributed by atoms with Crippen molar-refractivity contribution in [2.45, 2.75) is 57.9 Å². The van der Waals surface area contributed by atoms with Crippen molar-refractivity contribution < 1.29 is 4.74 Å². The van der Waals surface area contributed by atoms with Crippen molar-refractivity contribution in [3.05, 3.63) is 33.1 Å². The molecular weight excluding hydrogens is 258 g/mol. The lowest BCUT2D eigenvalue weighted by molar-refractivity contribution is -0.0223. The highest BCUT2D eigenvalue weighted by Gasteiger charge is 2.31. The highest BCUT2D eigenvalue weighted by atomic mass is 16.5. The minimum Gasteiger partial charge on any atom is -0.370 e. The SMILES string of the molecule is CC1(C)CCC(Cn2ccc(=O)n(CCCN)c2=O)O1. The van der Waals surface area contributed by atoms with Crippen molar-refractivity contribution in [3.8, 4) is 0 Å². The van der Waals surface area contributed by atoms with Gasteiger partial charge in [-0.15, -0.1) is 0 Å². The van der Waals surface area contributed by atoms with Gasteiger partial charge in [-0.1, -0.05) is 0 Å².